The Morgan fingerprint density at radius 1 is 1.33 bits per heavy atom. The van der Waals surface area contributed by atoms with Gasteiger partial charge in [-0.3, -0.25) is 19.2 Å². The van der Waals surface area contributed by atoms with Gasteiger partial charge in [-0.1, -0.05) is 25.6 Å². The van der Waals surface area contributed by atoms with Crippen molar-refractivity contribution in [3.63, 3.8) is 0 Å². The fourth-order valence-electron chi connectivity index (χ4n) is 3.92. The third kappa shape index (κ3) is 5.83. The van der Waals surface area contributed by atoms with Crippen LogP contribution in [0, 0.1) is 11.8 Å². The van der Waals surface area contributed by atoms with Crippen LogP contribution in [0.15, 0.2) is 22.5 Å². The molecule has 33 heavy (non-hydrogen) atoms. The summed E-state index contributed by atoms with van der Waals surface area (Å²) in [5.74, 6) is -0.366. The quantitative estimate of drug-likeness (QED) is 0.511. The van der Waals surface area contributed by atoms with Crippen molar-refractivity contribution >= 4 is 62.6 Å². The number of carbonyl (C=O) groups is 4. The summed E-state index contributed by atoms with van der Waals surface area (Å²) in [4.78, 5) is 54.5. The van der Waals surface area contributed by atoms with E-state index in [1.807, 2.05) is 30.9 Å². The van der Waals surface area contributed by atoms with Crippen LogP contribution in [0.5, 0.6) is 0 Å². The molecular weight excluding hydrogens is 462 g/mol. The third-order valence-corrected chi connectivity index (χ3v) is 7.83. The van der Waals surface area contributed by atoms with Gasteiger partial charge in [0.1, 0.15) is 0 Å². The molecule has 2 aliphatic rings. The highest BCUT2D eigenvalue weighted by Gasteiger charge is 2.29. The Kier molecular flexibility index (Phi) is 7.18. The second-order valence-electron chi connectivity index (χ2n) is 8.64. The smallest absolute Gasteiger partial charge is 0.230 e. The number of rotatable bonds is 7. The van der Waals surface area contributed by atoms with Crippen molar-refractivity contribution < 1.29 is 19.2 Å². The van der Waals surface area contributed by atoms with E-state index in [2.05, 4.69) is 20.9 Å². The molecule has 176 valence electrons. The molecule has 2 atom stereocenters. The van der Waals surface area contributed by atoms with Gasteiger partial charge in [0.2, 0.25) is 23.6 Å². The van der Waals surface area contributed by atoms with Gasteiger partial charge in [0.05, 0.1) is 21.9 Å². The van der Waals surface area contributed by atoms with Gasteiger partial charge in [0.15, 0.2) is 4.34 Å². The van der Waals surface area contributed by atoms with E-state index in [0.29, 0.717) is 25.3 Å². The van der Waals surface area contributed by atoms with Gasteiger partial charge in [-0.15, -0.1) is 11.3 Å². The van der Waals surface area contributed by atoms with Gasteiger partial charge in [-0.25, -0.2) is 4.98 Å². The minimum absolute atomic E-state index is 0.00676. The molecule has 4 amide bonds. The summed E-state index contributed by atoms with van der Waals surface area (Å²) in [5, 5.41) is 8.54. The van der Waals surface area contributed by atoms with Crippen molar-refractivity contribution in [2.24, 2.45) is 11.8 Å². The Labute approximate surface area is 200 Å². The van der Waals surface area contributed by atoms with Gasteiger partial charge in [-0.05, 0) is 24.6 Å². The predicted molar refractivity (Wildman–Crippen MR) is 128 cm³/mol. The molecule has 2 unspecified atom stereocenters. The lowest BCUT2D eigenvalue weighted by molar-refractivity contribution is -0.133. The molecule has 2 aliphatic heterocycles. The highest BCUT2D eigenvalue weighted by atomic mass is 32.2. The van der Waals surface area contributed by atoms with E-state index in [4.69, 9.17) is 0 Å². The zero-order valence-electron chi connectivity index (χ0n) is 18.6. The number of nitrogens with one attached hydrogen (secondary N) is 3. The maximum absolute atomic E-state index is 12.4. The first-order chi connectivity index (χ1) is 15.8. The first-order valence-corrected chi connectivity index (χ1v) is 12.8. The van der Waals surface area contributed by atoms with E-state index < -0.39 is 0 Å². The van der Waals surface area contributed by atoms with Crippen LogP contribution in [-0.4, -0.2) is 64.9 Å². The predicted octanol–water partition coefficient (Wildman–Crippen LogP) is 1.84. The number of carbonyl (C=O) groups excluding carboxylic acids is 4. The number of anilines is 1. The number of thioether (sulfide) groups is 1. The summed E-state index contributed by atoms with van der Waals surface area (Å²) in [6.45, 7) is 5.38. The molecule has 1 aromatic carbocycles. The number of amides is 4. The molecule has 9 nitrogen and oxygen atoms in total. The zero-order valence-corrected chi connectivity index (χ0v) is 20.2. The zero-order chi connectivity index (χ0) is 23.5. The van der Waals surface area contributed by atoms with E-state index in [0.717, 1.165) is 21.0 Å². The van der Waals surface area contributed by atoms with Crippen molar-refractivity contribution in [3.05, 3.63) is 18.2 Å². The van der Waals surface area contributed by atoms with Gasteiger partial charge < -0.3 is 20.9 Å². The average molecular weight is 490 g/mol. The molecule has 0 radical (unpaired) electrons. The summed E-state index contributed by atoms with van der Waals surface area (Å²) >= 11 is 2.84. The largest absolute Gasteiger partial charge is 0.355 e. The van der Waals surface area contributed by atoms with Crippen molar-refractivity contribution in [1.82, 2.24) is 20.5 Å². The molecule has 4 rings (SSSR count). The molecule has 1 aromatic heterocycles. The second kappa shape index (κ2) is 10.1. The maximum Gasteiger partial charge on any atom is 0.230 e. The number of thiazole rings is 1. The summed E-state index contributed by atoms with van der Waals surface area (Å²) in [5.41, 5.74) is 1.46. The lowest BCUT2D eigenvalue weighted by atomic mass is 10.1. The van der Waals surface area contributed by atoms with Crippen LogP contribution >= 0.6 is 23.1 Å². The Bertz CT molecular complexity index is 1090. The van der Waals surface area contributed by atoms with Gasteiger partial charge >= 0.3 is 0 Å². The van der Waals surface area contributed by atoms with Crippen LogP contribution in [0.4, 0.5) is 5.69 Å². The standard InChI is InChI=1S/C22H27N5O4S2/c1-12(2)21(31)27-6-5-15(10-27)24-19(29)11-32-22-26-16-4-3-14(8-17(16)33-22)25-20(30)13-7-18(28)23-9-13/h3-4,8,12-13,15H,5-7,9-11H2,1-2H3,(H,23,28)(H,24,29)(H,25,30). The second-order valence-corrected chi connectivity index (χ2v) is 10.9. The fraction of sp³-hybridized carbons (Fsp3) is 0.500. The molecule has 0 spiro atoms. The lowest BCUT2D eigenvalue weighted by Crippen LogP contribution is -2.40. The van der Waals surface area contributed by atoms with Gasteiger partial charge in [-0.2, -0.15) is 0 Å². The highest BCUT2D eigenvalue weighted by Crippen LogP contribution is 2.31. The van der Waals surface area contributed by atoms with Crippen molar-refractivity contribution in [1.29, 1.82) is 0 Å². The first-order valence-electron chi connectivity index (χ1n) is 11.0. The van der Waals surface area contributed by atoms with Crippen LogP contribution in [0.1, 0.15) is 26.7 Å². The minimum atomic E-state index is -0.352. The summed E-state index contributed by atoms with van der Waals surface area (Å²) in [7, 11) is 0. The van der Waals surface area contributed by atoms with E-state index >= 15 is 0 Å². The monoisotopic (exact) mass is 489 g/mol. The molecule has 0 bridgehead atoms. The molecule has 3 N–H and O–H groups in total. The minimum Gasteiger partial charge on any atom is -0.355 e. The first kappa shape index (κ1) is 23.5. The van der Waals surface area contributed by atoms with Crippen LogP contribution < -0.4 is 16.0 Å². The number of nitrogens with zero attached hydrogens (tertiary/aromatic N) is 2. The van der Waals surface area contributed by atoms with Crippen LogP contribution in [0.3, 0.4) is 0 Å². The number of likely N-dealkylation sites (tertiary alicyclic amines) is 1. The van der Waals surface area contributed by atoms with E-state index in [1.165, 1.54) is 23.1 Å². The Morgan fingerprint density at radius 2 is 2.15 bits per heavy atom. The number of benzene rings is 1. The third-order valence-electron chi connectivity index (χ3n) is 5.67. The van der Waals surface area contributed by atoms with Gasteiger partial charge in [0.25, 0.3) is 0 Å². The van der Waals surface area contributed by atoms with Crippen LogP contribution in [0.25, 0.3) is 10.2 Å². The number of hydrogen-bond acceptors (Lipinski definition) is 7. The molecule has 11 heteroatoms. The Balaban J connectivity index is 1.27. The summed E-state index contributed by atoms with van der Waals surface area (Å²) in [6.07, 6.45) is 0.986. The van der Waals surface area contributed by atoms with Crippen molar-refractivity contribution in [2.75, 3.05) is 30.7 Å². The normalized spacial score (nSPS) is 20.3. The van der Waals surface area contributed by atoms with Crippen LogP contribution in [-0.2, 0) is 19.2 Å². The summed E-state index contributed by atoms with van der Waals surface area (Å²) < 4.78 is 1.69. The topological polar surface area (TPSA) is 120 Å². The SMILES string of the molecule is CC(C)C(=O)N1CCC(NC(=O)CSc2nc3ccc(NC(=O)C4CNC(=O)C4)cc3s2)C1. The highest BCUT2D eigenvalue weighted by molar-refractivity contribution is 8.01. The number of fused-ring (bicyclic) bond motifs is 1. The van der Waals surface area contributed by atoms with Gasteiger partial charge in [0, 0.05) is 43.7 Å². The van der Waals surface area contributed by atoms with Crippen molar-refractivity contribution in [2.45, 2.75) is 37.1 Å². The maximum atomic E-state index is 12.4. The average Bonchev–Trinajstić information content (AvgIpc) is 3.51. The molecule has 0 aliphatic carbocycles. The Hall–Kier alpha value is -2.66. The van der Waals surface area contributed by atoms with E-state index in [9.17, 15) is 19.2 Å². The molecule has 2 fully saturated rings. The molecule has 3 heterocycles. The molecule has 2 aromatic rings. The fourth-order valence-corrected chi connectivity index (χ4v) is 5.84. The van der Waals surface area contributed by atoms with Crippen molar-refractivity contribution in [3.8, 4) is 0 Å². The van der Waals surface area contributed by atoms with E-state index in [1.54, 1.807) is 6.07 Å². The Morgan fingerprint density at radius 3 is 2.88 bits per heavy atom. The summed E-state index contributed by atoms with van der Waals surface area (Å²) in [6, 6.07) is 5.48. The molecule has 2 saturated heterocycles. The van der Waals surface area contributed by atoms with Crippen LogP contribution in [0.2, 0.25) is 0 Å². The number of aromatic nitrogens is 1. The lowest BCUT2D eigenvalue weighted by Gasteiger charge is -2.19. The van der Waals surface area contributed by atoms with E-state index in [-0.39, 0.29) is 53.7 Å². The molecule has 0 saturated carbocycles. The molecular formula is C22H27N5O4S2. The number of hydrogen-bond donors (Lipinski definition) is 3.